The molecule has 0 unspecified atom stereocenters. The fourth-order valence-corrected chi connectivity index (χ4v) is 2.67. The summed E-state index contributed by atoms with van der Waals surface area (Å²) in [4.78, 5) is 12.5. The molecule has 2 aromatic carbocycles. The van der Waals surface area contributed by atoms with Crippen LogP contribution in [-0.2, 0) is 6.61 Å². The van der Waals surface area contributed by atoms with Gasteiger partial charge in [0.25, 0.3) is 5.91 Å². The average Bonchev–Trinajstić information content (AvgIpc) is 3.03. The number of hydrogen-bond donors (Lipinski definition) is 1. The molecule has 1 heterocycles. The molecule has 6 nitrogen and oxygen atoms in total. The standard InChI is InChI=1S/C19H16BrFN2O4/c1-11-15(10-26-14-6-4-13(25-2)5-7-14)18(23-27-11)19(24)22-17-8-3-12(20)9-16(17)21/h3-9H,10H2,1-2H3,(H,22,24). The van der Waals surface area contributed by atoms with Gasteiger partial charge in [-0.05, 0) is 49.4 Å². The lowest BCUT2D eigenvalue weighted by atomic mass is 10.2. The SMILES string of the molecule is COc1ccc(OCc2c(C(=O)Nc3ccc(Br)cc3F)noc2C)cc1. The molecule has 1 amide bonds. The number of carbonyl (C=O) groups is 1. The van der Waals surface area contributed by atoms with Crippen molar-refractivity contribution in [3.05, 3.63) is 69.8 Å². The first-order chi connectivity index (χ1) is 13.0. The Labute approximate surface area is 163 Å². The average molecular weight is 435 g/mol. The molecular formula is C19H16BrFN2O4. The third kappa shape index (κ3) is 4.46. The Kier molecular flexibility index (Phi) is 5.75. The highest BCUT2D eigenvalue weighted by Gasteiger charge is 2.21. The summed E-state index contributed by atoms with van der Waals surface area (Å²) in [7, 11) is 1.58. The number of rotatable bonds is 6. The van der Waals surface area contributed by atoms with Gasteiger partial charge in [-0.3, -0.25) is 4.79 Å². The number of aromatic nitrogens is 1. The summed E-state index contributed by atoms with van der Waals surface area (Å²) < 4.78 is 30.4. The van der Waals surface area contributed by atoms with Crippen LogP contribution < -0.4 is 14.8 Å². The second-order valence-electron chi connectivity index (χ2n) is 5.61. The topological polar surface area (TPSA) is 73.6 Å². The van der Waals surface area contributed by atoms with Crippen molar-refractivity contribution in [3.63, 3.8) is 0 Å². The summed E-state index contributed by atoms with van der Waals surface area (Å²) >= 11 is 3.17. The maximum Gasteiger partial charge on any atom is 0.278 e. The molecule has 1 N–H and O–H groups in total. The first-order valence-electron chi connectivity index (χ1n) is 7.96. The highest BCUT2D eigenvalue weighted by molar-refractivity contribution is 9.10. The fourth-order valence-electron chi connectivity index (χ4n) is 2.34. The first-order valence-corrected chi connectivity index (χ1v) is 8.75. The number of methoxy groups -OCH3 is 1. The molecule has 0 spiro atoms. The molecular weight excluding hydrogens is 419 g/mol. The highest BCUT2D eigenvalue weighted by atomic mass is 79.9. The van der Waals surface area contributed by atoms with E-state index in [9.17, 15) is 9.18 Å². The molecule has 0 aliphatic heterocycles. The van der Waals surface area contributed by atoms with Gasteiger partial charge in [-0.15, -0.1) is 0 Å². The number of amides is 1. The molecule has 0 atom stereocenters. The molecule has 0 aliphatic carbocycles. The second-order valence-corrected chi connectivity index (χ2v) is 6.52. The van der Waals surface area contributed by atoms with Crippen LogP contribution in [0.15, 0.2) is 51.5 Å². The van der Waals surface area contributed by atoms with Gasteiger partial charge in [-0.1, -0.05) is 21.1 Å². The summed E-state index contributed by atoms with van der Waals surface area (Å²) in [6, 6.07) is 11.4. The molecule has 3 rings (SSSR count). The zero-order valence-corrected chi connectivity index (χ0v) is 16.2. The number of anilines is 1. The Morgan fingerprint density at radius 1 is 1.22 bits per heavy atom. The molecule has 0 bridgehead atoms. The monoisotopic (exact) mass is 434 g/mol. The summed E-state index contributed by atoms with van der Waals surface area (Å²) in [6.07, 6.45) is 0. The van der Waals surface area contributed by atoms with Gasteiger partial charge in [-0.25, -0.2) is 4.39 Å². The molecule has 140 valence electrons. The van der Waals surface area contributed by atoms with Crippen LogP contribution in [0.1, 0.15) is 21.8 Å². The summed E-state index contributed by atoms with van der Waals surface area (Å²) in [5, 5.41) is 6.27. The van der Waals surface area contributed by atoms with E-state index in [1.54, 1.807) is 44.4 Å². The smallest absolute Gasteiger partial charge is 0.278 e. The lowest BCUT2D eigenvalue weighted by molar-refractivity contribution is 0.101. The van der Waals surface area contributed by atoms with Crippen molar-refractivity contribution in [2.24, 2.45) is 0 Å². The van der Waals surface area contributed by atoms with Crippen LogP contribution in [0.3, 0.4) is 0 Å². The predicted molar refractivity (Wildman–Crippen MR) is 101 cm³/mol. The van der Waals surface area contributed by atoms with Crippen LogP contribution in [0.5, 0.6) is 11.5 Å². The molecule has 0 fully saturated rings. The van der Waals surface area contributed by atoms with Crippen molar-refractivity contribution in [2.45, 2.75) is 13.5 Å². The maximum atomic E-state index is 13.9. The van der Waals surface area contributed by atoms with Crippen LogP contribution in [0, 0.1) is 12.7 Å². The number of halogens is 2. The largest absolute Gasteiger partial charge is 0.497 e. The van der Waals surface area contributed by atoms with E-state index in [4.69, 9.17) is 14.0 Å². The minimum atomic E-state index is -0.582. The minimum Gasteiger partial charge on any atom is -0.497 e. The molecule has 0 saturated carbocycles. The van der Waals surface area contributed by atoms with E-state index < -0.39 is 11.7 Å². The lowest BCUT2D eigenvalue weighted by Crippen LogP contribution is -2.16. The number of carbonyl (C=O) groups excluding carboxylic acids is 1. The van der Waals surface area contributed by atoms with E-state index in [-0.39, 0.29) is 18.0 Å². The van der Waals surface area contributed by atoms with Gasteiger partial charge in [0.05, 0.1) is 18.4 Å². The zero-order chi connectivity index (χ0) is 19.4. The third-order valence-corrected chi connectivity index (χ3v) is 4.31. The van der Waals surface area contributed by atoms with Crippen molar-refractivity contribution >= 4 is 27.5 Å². The number of benzene rings is 2. The van der Waals surface area contributed by atoms with Crippen LogP contribution in [0.2, 0.25) is 0 Å². The van der Waals surface area contributed by atoms with E-state index in [2.05, 4.69) is 26.4 Å². The Bertz CT molecular complexity index is 957. The Balaban J connectivity index is 1.74. The van der Waals surface area contributed by atoms with Crippen LogP contribution in [-0.4, -0.2) is 18.2 Å². The molecule has 8 heteroatoms. The minimum absolute atomic E-state index is 0.0448. The Morgan fingerprint density at radius 3 is 2.59 bits per heavy atom. The molecule has 0 aliphatic rings. The number of ether oxygens (including phenoxy) is 2. The fraction of sp³-hybridized carbons (Fsp3) is 0.158. The van der Waals surface area contributed by atoms with E-state index in [0.29, 0.717) is 27.3 Å². The lowest BCUT2D eigenvalue weighted by Gasteiger charge is -2.08. The van der Waals surface area contributed by atoms with Gasteiger partial charge in [0.15, 0.2) is 5.69 Å². The highest BCUT2D eigenvalue weighted by Crippen LogP contribution is 2.23. The summed E-state index contributed by atoms with van der Waals surface area (Å²) in [6.45, 7) is 1.75. The number of hydrogen-bond acceptors (Lipinski definition) is 5. The maximum absolute atomic E-state index is 13.9. The first kappa shape index (κ1) is 18.9. The van der Waals surface area contributed by atoms with E-state index in [1.807, 2.05) is 0 Å². The normalized spacial score (nSPS) is 10.5. The molecule has 27 heavy (non-hydrogen) atoms. The van der Waals surface area contributed by atoms with Crippen molar-refractivity contribution in [1.29, 1.82) is 0 Å². The quantitative estimate of drug-likeness (QED) is 0.607. The summed E-state index contributed by atoms with van der Waals surface area (Å²) in [5.41, 5.74) is 0.579. The van der Waals surface area contributed by atoms with E-state index in [1.165, 1.54) is 12.1 Å². The van der Waals surface area contributed by atoms with E-state index >= 15 is 0 Å². The number of aryl methyl sites for hydroxylation is 1. The molecule has 0 saturated heterocycles. The Morgan fingerprint density at radius 2 is 1.93 bits per heavy atom. The van der Waals surface area contributed by atoms with Crippen LogP contribution in [0.25, 0.3) is 0 Å². The number of nitrogens with one attached hydrogen (secondary N) is 1. The third-order valence-electron chi connectivity index (χ3n) is 3.82. The van der Waals surface area contributed by atoms with Gasteiger partial charge in [0.1, 0.15) is 29.7 Å². The predicted octanol–water partition coefficient (Wildman–Crippen LogP) is 4.72. The second kappa shape index (κ2) is 8.22. The van der Waals surface area contributed by atoms with Crippen molar-refractivity contribution < 1.29 is 23.2 Å². The summed E-state index contributed by atoms with van der Waals surface area (Å²) in [5.74, 6) is 0.613. The molecule has 3 aromatic rings. The van der Waals surface area contributed by atoms with Crippen LogP contribution >= 0.6 is 15.9 Å². The van der Waals surface area contributed by atoms with Crippen molar-refractivity contribution in [2.75, 3.05) is 12.4 Å². The van der Waals surface area contributed by atoms with Gasteiger partial charge < -0.3 is 19.3 Å². The van der Waals surface area contributed by atoms with Crippen molar-refractivity contribution in [1.82, 2.24) is 5.16 Å². The molecule has 0 radical (unpaired) electrons. The van der Waals surface area contributed by atoms with Gasteiger partial charge >= 0.3 is 0 Å². The van der Waals surface area contributed by atoms with Gasteiger partial charge in [-0.2, -0.15) is 0 Å². The number of nitrogens with zero attached hydrogens (tertiary/aromatic N) is 1. The molecule has 1 aromatic heterocycles. The van der Waals surface area contributed by atoms with Gasteiger partial charge in [0, 0.05) is 4.47 Å². The van der Waals surface area contributed by atoms with Crippen LogP contribution in [0.4, 0.5) is 10.1 Å². The van der Waals surface area contributed by atoms with Crippen molar-refractivity contribution in [3.8, 4) is 11.5 Å². The zero-order valence-electron chi connectivity index (χ0n) is 14.6. The van der Waals surface area contributed by atoms with E-state index in [0.717, 1.165) is 0 Å². The Hall–Kier alpha value is -2.87. The van der Waals surface area contributed by atoms with Gasteiger partial charge in [0.2, 0.25) is 0 Å².